The van der Waals surface area contributed by atoms with Crippen molar-refractivity contribution in [2.24, 2.45) is 0 Å². The lowest BCUT2D eigenvalue weighted by Gasteiger charge is -2.21. The summed E-state index contributed by atoms with van der Waals surface area (Å²) in [5.41, 5.74) is 2.27. The van der Waals surface area contributed by atoms with Crippen LogP contribution in [0.25, 0.3) is 0 Å². The summed E-state index contributed by atoms with van der Waals surface area (Å²) in [7, 11) is 2.70. The number of pyridine rings is 2. The molecule has 2 aromatic rings. The van der Waals surface area contributed by atoms with E-state index in [1.807, 2.05) is 24.3 Å². The van der Waals surface area contributed by atoms with Crippen molar-refractivity contribution in [1.29, 1.82) is 0 Å². The Morgan fingerprint density at radius 3 is 1.65 bits per heavy atom. The van der Waals surface area contributed by atoms with Crippen LogP contribution in [0.15, 0.2) is 36.4 Å². The monoisotopic (exact) mass is 516 g/mol. The predicted octanol–water partition coefficient (Wildman–Crippen LogP) is 2.82. The normalized spacial score (nSPS) is 11.2. The lowest BCUT2D eigenvalue weighted by Crippen LogP contribution is -2.29. The van der Waals surface area contributed by atoms with E-state index in [1.54, 1.807) is 12.1 Å². The Morgan fingerprint density at radius 2 is 1.19 bits per heavy atom. The van der Waals surface area contributed by atoms with Crippen molar-refractivity contribution >= 4 is 11.9 Å². The molecule has 37 heavy (non-hydrogen) atoms. The summed E-state index contributed by atoms with van der Waals surface area (Å²) in [4.78, 5) is 36.6. The number of likely N-dealkylation sites (N-methyl/N-ethyl adjacent to an activating group) is 1. The van der Waals surface area contributed by atoms with Gasteiger partial charge in [0.2, 0.25) is 0 Å². The molecule has 2 aromatic heterocycles. The van der Waals surface area contributed by atoms with E-state index in [2.05, 4.69) is 33.6 Å². The van der Waals surface area contributed by atoms with Crippen LogP contribution in [0.5, 0.6) is 0 Å². The molecule has 0 aliphatic carbocycles. The standard InChI is InChI=1S/C27H40N4O6/c1-5-13-31(21-23-10-8-12-25(29-23)27(33)35-4)15-17-37-19-18-36-16-14-30(6-2)20-22-9-7-11-24(28-22)26(32)34-3/h7-12H,5-6,13-21H2,1-4H3. The van der Waals surface area contributed by atoms with Gasteiger partial charge in [-0.2, -0.15) is 0 Å². The van der Waals surface area contributed by atoms with Gasteiger partial charge in [-0.1, -0.05) is 26.0 Å². The molecule has 0 fully saturated rings. The molecule has 0 unspecified atom stereocenters. The van der Waals surface area contributed by atoms with Crippen molar-refractivity contribution in [1.82, 2.24) is 19.8 Å². The number of methoxy groups -OCH3 is 2. The Morgan fingerprint density at radius 1 is 0.703 bits per heavy atom. The van der Waals surface area contributed by atoms with Gasteiger partial charge in [-0.3, -0.25) is 9.80 Å². The summed E-state index contributed by atoms with van der Waals surface area (Å²) in [5.74, 6) is -0.866. The topological polar surface area (TPSA) is 103 Å². The van der Waals surface area contributed by atoms with E-state index in [0.29, 0.717) is 50.9 Å². The van der Waals surface area contributed by atoms with Crippen LogP contribution in [0, 0.1) is 0 Å². The number of hydrogen-bond acceptors (Lipinski definition) is 10. The Hall–Kier alpha value is -2.92. The minimum Gasteiger partial charge on any atom is -0.464 e. The molecule has 0 bridgehead atoms. The van der Waals surface area contributed by atoms with Crippen LogP contribution < -0.4 is 0 Å². The number of aromatic nitrogens is 2. The minimum atomic E-state index is -0.435. The number of ether oxygens (including phenoxy) is 4. The number of esters is 2. The second kappa shape index (κ2) is 17.5. The highest BCUT2D eigenvalue weighted by atomic mass is 16.5. The van der Waals surface area contributed by atoms with Gasteiger partial charge in [0.25, 0.3) is 0 Å². The molecule has 0 spiro atoms. The average Bonchev–Trinajstić information content (AvgIpc) is 2.93. The molecule has 0 atom stereocenters. The van der Waals surface area contributed by atoms with E-state index < -0.39 is 11.9 Å². The van der Waals surface area contributed by atoms with Gasteiger partial charge in [0.05, 0.1) is 52.0 Å². The molecule has 10 heteroatoms. The van der Waals surface area contributed by atoms with E-state index in [0.717, 1.165) is 44.0 Å². The first-order valence-electron chi connectivity index (χ1n) is 12.7. The van der Waals surface area contributed by atoms with Gasteiger partial charge >= 0.3 is 11.9 Å². The molecule has 0 N–H and O–H groups in total. The molecule has 0 radical (unpaired) electrons. The van der Waals surface area contributed by atoms with E-state index >= 15 is 0 Å². The molecule has 2 heterocycles. The summed E-state index contributed by atoms with van der Waals surface area (Å²) in [5, 5.41) is 0. The first kappa shape index (κ1) is 30.3. The third-order valence-corrected chi connectivity index (χ3v) is 5.64. The molecule has 204 valence electrons. The number of carbonyl (C=O) groups excluding carboxylic acids is 2. The van der Waals surface area contributed by atoms with Crippen LogP contribution in [-0.4, -0.2) is 98.5 Å². The number of hydrogen-bond donors (Lipinski definition) is 0. The van der Waals surface area contributed by atoms with E-state index in [1.165, 1.54) is 14.2 Å². The van der Waals surface area contributed by atoms with Crippen LogP contribution >= 0.6 is 0 Å². The number of rotatable bonds is 18. The van der Waals surface area contributed by atoms with E-state index in [-0.39, 0.29) is 0 Å². The maximum atomic E-state index is 11.7. The Balaban J connectivity index is 1.64. The summed E-state index contributed by atoms with van der Waals surface area (Å²) >= 11 is 0. The van der Waals surface area contributed by atoms with Crippen molar-refractivity contribution in [3.63, 3.8) is 0 Å². The Bertz CT molecular complexity index is 958. The highest BCUT2D eigenvalue weighted by Gasteiger charge is 2.12. The zero-order valence-corrected chi connectivity index (χ0v) is 22.5. The van der Waals surface area contributed by atoms with Gasteiger partial charge in [-0.25, -0.2) is 19.6 Å². The fourth-order valence-corrected chi connectivity index (χ4v) is 3.67. The molecule has 0 aliphatic rings. The number of nitrogens with zero attached hydrogens (tertiary/aromatic N) is 4. The summed E-state index contributed by atoms with van der Waals surface area (Å²) < 4.78 is 21.0. The summed E-state index contributed by atoms with van der Waals surface area (Å²) in [6, 6.07) is 10.8. The van der Waals surface area contributed by atoms with E-state index in [4.69, 9.17) is 18.9 Å². The van der Waals surface area contributed by atoms with Crippen LogP contribution in [-0.2, 0) is 32.0 Å². The van der Waals surface area contributed by atoms with Crippen molar-refractivity contribution in [2.75, 3.05) is 66.8 Å². The highest BCUT2D eigenvalue weighted by Crippen LogP contribution is 2.07. The Kier molecular flexibility index (Phi) is 14.4. The van der Waals surface area contributed by atoms with Crippen LogP contribution in [0.4, 0.5) is 0 Å². The molecule has 0 saturated carbocycles. The fourth-order valence-electron chi connectivity index (χ4n) is 3.67. The maximum Gasteiger partial charge on any atom is 0.356 e. The predicted molar refractivity (Wildman–Crippen MR) is 139 cm³/mol. The second-order valence-electron chi connectivity index (χ2n) is 8.38. The third kappa shape index (κ3) is 11.3. The van der Waals surface area contributed by atoms with Crippen molar-refractivity contribution in [3.05, 3.63) is 59.2 Å². The van der Waals surface area contributed by atoms with Gasteiger partial charge in [-0.05, 0) is 43.8 Å². The first-order chi connectivity index (χ1) is 18.0. The maximum absolute atomic E-state index is 11.7. The van der Waals surface area contributed by atoms with Crippen LogP contribution in [0.2, 0.25) is 0 Å². The van der Waals surface area contributed by atoms with Gasteiger partial charge < -0.3 is 18.9 Å². The fraction of sp³-hybridized carbons (Fsp3) is 0.556. The number of carbonyl (C=O) groups is 2. The first-order valence-corrected chi connectivity index (χ1v) is 12.7. The molecule has 0 aromatic carbocycles. The summed E-state index contributed by atoms with van der Waals surface area (Å²) in [6.07, 6.45) is 1.01. The zero-order chi connectivity index (χ0) is 26.9. The van der Waals surface area contributed by atoms with Gasteiger partial charge in [-0.15, -0.1) is 0 Å². The molecular weight excluding hydrogens is 476 g/mol. The van der Waals surface area contributed by atoms with Gasteiger partial charge in [0.15, 0.2) is 0 Å². The van der Waals surface area contributed by atoms with Crippen molar-refractivity contribution in [2.45, 2.75) is 33.4 Å². The summed E-state index contributed by atoms with van der Waals surface area (Å²) in [6.45, 7) is 11.0. The quantitative estimate of drug-likeness (QED) is 0.217. The largest absolute Gasteiger partial charge is 0.464 e. The molecule has 0 aliphatic heterocycles. The SMILES string of the molecule is CCCN(CCOCCOCCN(CC)Cc1cccc(C(=O)OC)n1)Cc1cccc(C(=O)OC)n1. The third-order valence-electron chi connectivity index (χ3n) is 5.64. The molecule has 10 nitrogen and oxygen atoms in total. The average molecular weight is 517 g/mol. The second-order valence-corrected chi connectivity index (χ2v) is 8.38. The molecular formula is C27H40N4O6. The van der Waals surface area contributed by atoms with Crippen molar-refractivity contribution < 1.29 is 28.5 Å². The Labute approximate surface area is 219 Å². The van der Waals surface area contributed by atoms with E-state index in [9.17, 15) is 9.59 Å². The van der Waals surface area contributed by atoms with Crippen LogP contribution in [0.3, 0.4) is 0 Å². The van der Waals surface area contributed by atoms with Gasteiger partial charge in [0.1, 0.15) is 11.4 Å². The molecule has 2 rings (SSSR count). The lowest BCUT2D eigenvalue weighted by atomic mass is 10.2. The van der Waals surface area contributed by atoms with Crippen LogP contribution in [0.1, 0.15) is 52.6 Å². The molecule has 0 saturated heterocycles. The minimum absolute atomic E-state index is 0.313. The zero-order valence-electron chi connectivity index (χ0n) is 22.5. The highest BCUT2D eigenvalue weighted by molar-refractivity contribution is 5.87. The smallest absolute Gasteiger partial charge is 0.356 e. The lowest BCUT2D eigenvalue weighted by molar-refractivity contribution is 0.0300. The van der Waals surface area contributed by atoms with Crippen molar-refractivity contribution in [3.8, 4) is 0 Å². The molecule has 0 amide bonds. The van der Waals surface area contributed by atoms with Gasteiger partial charge in [0, 0.05) is 26.2 Å².